The van der Waals surface area contributed by atoms with E-state index in [0.717, 1.165) is 17.7 Å². The van der Waals surface area contributed by atoms with Crippen LogP contribution in [0.15, 0.2) is 24.3 Å². The van der Waals surface area contributed by atoms with Crippen LogP contribution in [0.1, 0.15) is 40.2 Å². The first-order chi connectivity index (χ1) is 12.0. The summed E-state index contributed by atoms with van der Waals surface area (Å²) in [6.45, 7) is 9.73. The minimum absolute atomic E-state index is 0.0431. The fourth-order valence-corrected chi connectivity index (χ4v) is 2.38. The van der Waals surface area contributed by atoms with Crippen LogP contribution in [-0.4, -0.2) is 49.2 Å². The van der Waals surface area contributed by atoms with Gasteiger partial charge in [0.25, 0.3) is 0 Å². The first-order valence-corrected chi connectivity index (χ1v) is 8.91. The van der Waals surface area contributed by atoms with Crippen molar-refractivity contribution in [1.29, 1.82) is 0 Å². The summed E-state index contributed by atoms with van der Waals surface area (Å²) in [6.07, 6.45) is 0.150. The maximum Gasteiger partial charge on any atom is 0.408 e. The lowest BCUT2D eigenvalue weighted by Gasteiger charge is -2.28. The van der Waals surface area contributed by atoms with E-state index in [0.29, 0.717) is 6.54 Å². The van der Waals surface area contributed by atoms with Gasteiger partial charge in [-0.2, -0.15) is 0 Å². The number of amides is 2. The Morgan fingerprint density at radius 1 is 1.15 bits per heavy atom. The van der Waals surface area contributed by atoms with E-state index in [4.69, 9.17) is 9.47 Å². The third-order valence-electron chi connectivity index (χ3n) is 3.88. The van der Waals surface area contributed by atoms with Gasteiger partial charge in [0, 0.05) is 13.6 Å². The molecule has 0 aliphatic rings. The van der Waals surface area contributed by atoms with Crippen molar-refractivity contribution in [3.8, 4) is 5.75 Å². The van der Waals surface area contributed by atoms with Crippen molar-refractivity contribution < 1.29 is 19.1 Å². The zero-order chi connectivity index (χ0) is 19.9. The summed E-state index contributed by atoms with van der Waals surface area (Å²) >= 11 is 0. The molecule has 6 nitrogen and oxygen atoms in total. The Morgan fingerprint density at radius 2 is 1.73 bits per heavy atom. The van der Waals surface area contributed by atoms with E-state index in [2.05, 4.69) is 5.32 Å². The van der Waals surface area contributed by atoms with Crippen molar-refractivity contribution in [3.05, 3.63) is 29.8 Å². The van der Waals surface area contributed by atoms with Crippen LogP contribution in [0.2, 0.25) is 0 Å². The highest BCUT2D eigenvalue weighted by molar-refractivity contribution is 5.85. The molecule has 0 aliphatic carbocycles. The Morgan fingerprint density at radius 3 is 2.19 bits per heavy atom. The predicted octanol–water partition coefficient (Wildman–Crippen LogP) is 3.25. The second kappa shape index (κ2) is 9.46. The molecule has 0 aliphatic heterocycles. The van der Waals surface area contributed by atoms with E-state index in [1.54, 1.807) is 39.8 Å². The highest BCUT2D eigenvalue weighted by Gasteiger charge is 2.28. The highest BCUT2D eigenvalue weighted by Crippen LogP contribution is 2.13. The van der Waals surface area contributed by atoms with Crippen LogP contribution in [0, 0.1) is 5.92 Å². The molecular formula is C20H32N2O4. The Kier molecular flexibility index (Phi) is 7.93. The third kappa shape index (κ3) is 7.33. The Hall–Kier alpha value is -2.24. The molecule has 0 spiro atoms. The minimum atomic E-state index is -0.620. The predicted molar refractivity (Wildman–Crippen MR) is 102 cm³/mol. The smallest absolute Gasteiger partial charge is 0.408 e. The second-order valence-electron chi connectivity index (χ2n) is 7.73. The maximum atomic E-state index is 12.7. The van der Waals surface area contributed by atoms with Crippen LogP contribution >= 0.6 is 0 Å². The minimum Gasteiger partial charge on any atom is -0.497 e. The lowest BCUT2D eigenvalue weighted by atomic mass is 10.0. The van der Waals surface area contributed by atoms with Gasteiger partial charge in [-0.05, 0) is 50.8 Å². The molecule has 0 aromatic heterocycles. The lowest BCUT2D eigenvalue weighted by Crippen LogP contribution is -2.51. The summed E-state index contributed by atoms with van der Waals surface area (Å²) in [4.78, 5) is 26.4. The quantitative estimate of drug-likeness (QED) is 0.806. The molecule has 1 N–H and O–H groups in total. The number of nitrogens with one attached hydrogen (secondary N) is 1. The van der Waals surface area contributed by atoms with Crippen LogP contribution in [0.5, 0.6) is 5.75 Å². The summed E-state index contributed by atoms with van der Waals surface area (Å²) in [5.41, 5.74) is 0.515. The molecule has 0 fully saturated rings. The Balaban J connectivity index is 2.64. The SMILES string of the molecule is COc1ccc(CCN(C)C(=O)C(NC(=O)OC(C)(C)C)C(C)C)cc1. The number of hydrogen-bond acceptors (Lipinski definition) is 4. The molecule has 2 amide bonds. The number of carbonyl (C=O) groups is 2. The molecule has 1 atom stereocenters. The van der Waals surface area contributed by atoms with Crippen LogP contribution in [-0.2, 0) is 16.0 Å². The van der Waals surface area contributed by atoms with E-state index >= 15 is 0 Å². The number of likely N-dealkylation sites (N-methyl/N-ethyl adjacent to an activating group) is 1. The molecule has 146 valence electrons. The normalized spacial score (nSPS) is 12.5. The van der Waals surface area contributed by atoms with E-state index < -0.39 is 17.7 Å². The molecule has 1 aromatic rings. The van der Waals surface area contributed by atoms with Gasteiger partial charge >= 0.3 is 6.09 Å². The van der Waals surface area contributed by atoms with Crippen LogP contribution < -0.4 is 10.1 Å². The molecule has 1 unspecified atom stereocenters. The highest BCUT2D eigenvalue weighted by atomic mass is 16.6. The first-order valence-electron chi connectivity index (χ1n) is 8.91. The average Bonchev–Trinajstić information content (AvgIpc) is 2.55. The Bertz CT molecular complexity index is 591. The molecular weight excluding hydrogens is 332 g/mol. The number of carbonyl (C=O) groups excluding carboxylic acids is 2. The van der Waals surface area contributed by atoms with Gasteiger partial charge in [0.05, 0.1) is 7.11 Å². The number of hydrogen-bond donors (Lipinski definition) is 1. The second-order valence-corrected chi connectivity index (χ2v) is 7.73. The molecule has 0 saturated carbocycles. The van der Waals surface area contributed by atoms with Crippen molar-refractivity contribution in [2.24, 2.45) is 5.92 Å². The van der Waals surface area contributed by atoms with Gasteiger partial charge in [-0.15, -0.1) is 0 Å². The van der Waals surface area contributed by atoms with Gasteiger partial charge in [-0.1, -0.05) is 26.0 Å². The van der Waals surface area contributed by atoms with Crippen molar-refractivity contribution in [2.75, 3.05) is 20.7 Å². The summed E-state index contributed by atoms with van der Waals surface area (Å²) in [5.74, 6) is 0.637. The number of ether oxygens (including phenoxy) is 2. The van der Waals surface area contributed by atoms with E-state index in [9.17, 15) is 9.59 Å². The van der Waals surface area contributed by atoms with Crippen molar-refractivity contribution in [2.45, 2.75) is 52.7 Å². The molecule has 0 heterocycles. The molecule has 6 heteroatoms. The third-order valence-corrected chi connectivity index (χ3v) is 3.88. The summed E-state index contributed by atoms with van der Waals surface area (Å²) < 4.78 is 10.4. The van der Waals surface area contributed by atoms with Crippen molar-refractivity contribution in [1.82, 2.24) is 10.2 Å². The van der Waals surface area contributed by atoms with Gasteiger partial charge < -0.3 is 19.7 Å². The number of methoxy groups -OCH3 is 1. The van der Waals surface area contributed by atoms with Gasteiger partial charge in [0.1, 0.15) is 17.4 Å². The summed E-state index contributed by atoms with van der Waals surface area (Å²) in [7, 11) is 3.38. The fourth-order valence-electron chi connectivity index (χ4n) is 2.38. The summed E-state index contributed by atoms with van der Waals surface area (Å²) in [6, 6.07) is 7.15. The molecule has 1 rings (SSSR count). The van der Waals surface area contributed by atoms with Gasteiger partial charge in [0.2, 0.25) is 5.91 Å². The number of nitrogens with zero attached hydrogens (tertiary/aromatic N) is 1. The van der Waals surface area contributed by atoms with E-state index in [1.807, 2.05) is 38.1 Å². The molecule has 0 bridgehead atoms. The number of alkyl carbamates (subject to hydrolysis) is 1. The van der Waals surface area contributed by atoms with Crippen molar-refractivity contribution >= 4 is 12.0 Å². The molecule has 0 saturated heterocycles. The zero-order valence-electron chi connectivity index (χ0n) is 17.0. The van der Waals surface area contributed by atoms with Gasteiger partial charge in [0.15, 0.2) is 0 Å². The van der Waals surface area contributed by atoms with E-state index in [1.165, 1.54) is 0 Å². The summed E-state index contributed by atoms with van der Waals surface area (Å²) in [5, 5.41) is 2.70. The first kappa shape index (κ1) is 21.8. The van der Waals surface area contributed by atoms with Gasteiger partial charge in [-0.3, -0.25) is 4.79 Å². The van der Waals surface area contributed by atoms with Crippen molar-refractivity contribution in [3.63, 3.8) is 0 Å². The van der Waals surface area contributed by atoms with Gasteiger partial charge in [-0.25, -0.2) is 4.79 Å². The topological polar surface area (TPSA) is 67.9 Å². The molecule has 0 radical (unpaired) electrons. The van der Waals surface area contributed by atoms with Crippen LogP contribution in [0.4, 0.5) is 4.79 Å². The zero-order valence-corrected chi connectivity index (χ0v) is 17.0. The molecule has 26 heavy (non-hydrogen) atoms. The van der Waals surface area contributed by atoms with Crippen LogP contribution in [0.25, 0.3) is 0 Å². The molecule has 1 aromatic carbocycles. The van der Waals surface area contributed by atoms with E-state index in [-0.39, 0.29) is 11.8 Å². The largest absolute Gasteiger partial charge is 0.497 e. The van der Waals surface area contributed by atoms with Crippen LogP contribution in [0.3, 0.4) is 0 Å². The fraction of sp³-hybridized carbons (Fsp3) is 0.600. The average molecular weight is 364 g/mol. The standard InChI is InChI=1S/C20H32N2O4/c1-14(2)17(21-19(24)26-20(3,4)5)18(23)22(6)13-12-15-8-10-16(25-7)11-9-15/h8-11,14,17H,12-13H2,1-7H3,(H,21,24). The monoisotopic (exact) mass is 364 g/mol. The lowest BCUT2D eigenvalue weighted by molar-refractivity contribution is -0.133. The number of benzene rings is 1. The maximum absolute atomic E-state index is 12.7. The number of rotatable bonds is 7. The Labute approximate surface area is 156 Å².